The summed E-state index contributed by atoms with van der Waals surface area (Å²) < 4.78 is 53.4. The third kappa shape index (κ3) is 5.54. The fourth-order valence-corrected chi connectivity index (χ4v) is 3.80. The number of alkyl halides is 1. The molecule has 3 heterocycles. The van der Waals surface area contributed by atoms with Crippen LogP contribution in [0.4, 0.5) is 4.39 Å². The van der Waals surface area contributed by atoms with Gasteiger partial charge in [0.25, 0.3) is 0 Å². The summed E-state index contributed by atoms with van der Waals surface area (Å²) in [5.74, 6) is 1.52. The van der Waals surface area contributed by atoms with Gasteiger partial charge in [-0.15, -0.1) is 0 Å². The van der Waals surface area contributed by atoms with Crippen LogP contribution in [0.5, 0.6) is 17.2 Å². The van der Waals surface area contributed by atoms with Crippen molar-refractivity contribution >= 4 is 15.7 Å². The number of sulfone groups is 1. The molecular weight excluding hydrogens is 465 g/mol. The number of halogens is 1. The summed E-state index contributed by atoms with van der Waals surface area (Å²) in [5.41, 5.74) is 2.06. The molecule has 180 valence electrons. The van der Waals surface area contributed by atoms with Crippen LogP contribution in [0.25, 0.3) is 11.3 Å². The number of rotatable bonds is 9. The maximum Gasteiger partial charge on any atom is 0.233 e. The molecular formula is C23H24FN3O6S. The number of aliphatic imine (C=N–C) groups is 1. The maximum absolute atomic E-state index is 13.0. The van der Waals surface area contributed by atoms with Crippen LogP contribution in [0.2, 0.25) is 0 Å². The lowest BCUT2D eigenvalue weighted by molar-refractivity contribution is 0.182. The summed E-state index contributed by atoms with van der Waals surface area (Å²) >= 11 is 0. The fourth-order valence-electron chi connectivity index (χ4n) is 3.25. The minimum Gasteiger partial charge on any atom is -0.488 e. The van der Waals surface area contributed by atoms with Crippen LogP contribution in [0.15, 0.2) is 58.7 Å². The highest BCUT2D eigenvalue weighted by molar-refractivity contribution is 7.90. The standard InChI is InChI=1S/C23H24FN3O6S/c1-14(10-24)32-18-7-15(20-4-5-21(27-20)23-26-16(12-28)13-31-23)8-19(9-18)33-17-3-6-22(25-11-17)34(2,29)30/h3-9,11,14,16,27-28H,10,12-13H2,1-2H3/t14-,16+/m0/s1. The fraction of sp³-hybridized carbons (Fsp3) is 0.304. The number of aliphatic hydroxyl groups is 1. The van der Waals surface area contributed by atoms with Gasteiger partial charge in [-0.25, -0.2) is 22.8 Å². The molecule has 9 nitrogen and oxygen atoms in total. The highest BCUT2D eigenvalue weighted by Gasteiger charge is 2.21. The zero-order valence-electron chi connectivity index (χ0n) is 18.6. The molecule has 0 fully saturated rings. The molecule has 0 bridgehead atoms. The van der Waals surface area contributed by atoms with Crippen molar-refractivity contribution in [1.29, 1.82) is 0 Å². The summed E-state index contributed by atoms with van der Waals surface area (Å²) in [6.45, 7) is 1.17. The van der Waals surface area contributed by atoms with Crippen LogP contribution in [0, 0.1) is 0 Å². The zero-order valence-corrected chi connectivity index (χ0v) is 19.4. The van der Waals surface area contributed by atoms with E-state index in [0.717, 1.165) is 6.26 Å². The van der Waals surface area contributed by atoms with Crippen LogP contribution in [-0.2, 0) is 14.6 Å². The summed E-state index contributed by atoms with van der Waals surface area (Å²) in [7, 11) is -3.43. The van der Waals surface area contributed by atoms with Crippen LogP contribution < -0.4 is 9.47 Å². The molecule has 2 N–H and O–H groups in total. The average molecular weight is 490 g/mol. The SMILES string of the molecule is C[C@@H](CF)Oc1cc(Oc2ccc(S(C)(=O)=O)nc2)cc(-c2ccc(C3=N[C@H](CO)CO3)[nH]2)c1. The second kappa shape index (κ2) is 9.82. The Morgan fingerprint density at radius 1 is 1.18 bits per heavy atom. The lowest BCUT2D eigenvalue weighted by atomic mass is 10.1. The first kappa shape index (κ1) is 23.7. The van der Waals surface area contributed by atoms with Crippen molar-refractivity contribution in [2.24, 2.45) is 4.99 Å². The Bertz CT molecular complexity index is 1290. The van der Waals surface area contributed by atoms with Crippen molar-refractivity contribution < 1.29 is 32.1 Å². The Morgan fingerprint density at radius 2 is 1.94 bits per heavy atom. The first-order chi connectivity index (χ1) is 16.2. The van der Waals surface area contributed by atoms with E-state index < -0.39 is 22.6 Å². The monoisotopic (exact) mass is 489 g/mol. The Labute approximate surface area is 196 Å². The van der Waals surface area contributed by atoms with E-state index in [2.05, 4.69) is 15.0 Å². The van der Waals surface area contributed by atoms with Gasteiger partial charge in [0, 0.05) is 23.6 Å². The minimum absolute atomic E-state index is 0.0613. The second-order valence-electron chi connectivity index (χ2n) is 7.85. The molecule has 2 aromatic heterocycles. The molecule has 1 aliphatic rings. The van der Waals surface area contributed by atoms with E-state index >= 15 is 0 Å². The molecule has 2 atom stereocenters. The predicted octanol–water partition coefficient (Wildman–Crippen LogP) is 3.15. The third-order valence-corrected chi connectivity index (χ3v) is 5.91. The largest absolute Gasteiger partial charge is 0.488 e. The van der Waals surface area contributed by atoms with Gasteiger partial charge < -0.3 is 24.3 Å². The molecule has 1 aliphatic heterocycles. The first-order valence-electron chi connectivity index (χ1n) is 10.5. The van der Waals surface area contributed by atoms with Crippen molar-refractivity contribution in [2.75, 3.05) is 26.1 Å². The Balaban J connectivity index is 1.64. The lowest BCUT2D eigenvalue weighted by Crippen LogP contribution is -2.13. The van der Waals surface area contributed by atoms with Crippen molar-refractivity contribution in [3.8, 4) is 28.5 Å². The van der Waals surface area contributed by atoms with Crippen LogP contribution in [0.1, 0.15) is 12.6 Å². The molecule has 0 saturated carbocycles. The number of H-pyrrole nitrogens is 1. The predicted molar refractivity (Wildman–Crippen MR) is 123 cm³/mol. The molecule has 0 aliphatic carbocycles. The normalized spacial score (nSPS) is 16.6. The summed E-state index contributed by atoms with van der Waals surface area (Å²) in [5, 5.41) is 9.20. The minimum atomic E-state index is -3.43. The summed E-state index contributed by atoms with van der Waals surface area (Å²) in [4.78, 5) is 11.5. The number of nitrogens with one attached hydrogen (secondary N) is 1. The van der Waals surface area contributed by atoms with Crippen molar-refractivity contribution in [2.45, 2.75) is 24.1 Å². The van der Waals surface area contributed by atoms with Crippen molar-refractivity contribution in [3.05, 3.63) is 54.4 Å². The highest BCUT2D eigenvalue weighted by Crippen LogP contribution is 2.33. The number of hydrogen-bond donors (Lipinski definition) is 2. The molecule has 11 heteroatoms. The summed E-state index contributed by atoms with van der Waals surface area (Å²) in [6.07, 6.45) is 1.73. The topological polar surface area (TPSA) is 123 Å². The molecule has 4 rings (SSSR count). The highest BCUT2D eigenvalue weighted by atomic mass is 32.2. The number of aliphatic hydroxyl groups excluding tert-OH is 1. The Kier molecular flexibility index (Phi) is 6.85. The van der Waals surface area contributed by atoms with E-state index in [1.807, 2.05) is 6.07 Å². The number of aromatic amines is 1. The van der Waals surface area contributed by atoms with Gasteiger partial charge in [0.1, 0.15) is 48.4 Å². The molecule has 1 aromatic carbocycles. The van der Waals surface area contributed by atoms with Gasteiger partial charge in [-0.2, -0.15) is 0 Å². The number of ether oxygens (including phenoxy) is 3. The number of benzene rings is 1. The van der Waals surface area contributed by atoms with E-state index in [4.69, 9.17) is 14.2 Å². The number of aromatic nitrogens is 2. The molecule has 34 heavy (non-hydrogen) atoms. The quantitative estimate of drug-likeness (QED) is 0.473. The molecule has 0 spiro atoms. The van der Waals surface area contributed by atoms with Crippen LogP contribution in [-0.4, -0.2) is 67.7 Å². The summed E-state index contributed by atoms with van der Waals surface area (Å²) in [6, 6.07) is 11.3. The molecule has 0 amide bonds. The van der Waals surface area contributed by atoms with E-state index in [1.165, 1.54) is 18.3 Å². The maximum atomic E-state index is 13.0. The Morgan fingerprint density at radius 3 is 2.59 bits per heavy atom. The van der Waals surface area contributed by atoms with Gasteiger partial charge in [0.2, 0.25) is 5.90 Å². The third-order valence-electron chi connectivity index (χ3n) is 4.91. The number of hydrogen-bond acceptors (Lipinski definition) is 8. The number of pyridine rings is 1. The van der Waals surface area contributed by atoms with E-state index in [-0.39, 0.29) is 17.7 Å². The van der Waals surface area contributed by atoms with E-state index in [0.29, 0.717) is 46.7 Å². The van der Waals surface area contributed by atoms with Gasteiger partial charge in [0.05, 0.1) is 12.8 Å². The molecule has 3 aromatic rings. The van der Waals surface area contributed by atoms with Gasteiger partial charge in [-0.3, -0.25) is 0 Å². The van der Waals surface area contributed by atoms with Crippen molar-refractivity contribution in [3.63, 3.8) is 0 Å². The van der Waals surface area contributed by atoms with Crippen LogP contribution >= 0.6 is 0 Å². The molecule has 0 unspecified atom stereocenters. The zero-order chi connectivity index (χ0) is 24.3. The average Bonchev–Trinajstić information content (AvgIpc) is 3.48. The first-order valence-corrected chi connectivity index (χ1v) is 12.4. The van der Waals surface area contributed by atoms with Gasteiger partial charge in [0.15, 0.2) is 14.9 Å². The van der Waals surface area contributed by atoms with Gasteiger partial charge in [-0.05, 0) is 43.3 Å². The van der Waals surface area contributed by atoms with Gasteiger partial charge in [-0.1, -0.05) is 0 Å². The lowest BCUT2D eigenvalue weighted by Gasteiger charge is -2.14. The molecule has 0 radical (unpaired) electrons. The van der Waals surface area contributed by atoms with E-state index in [1.54, 1.807) is 31.2 Å². The number of nitrogens with zero attached hydrogens (tertiary/aromatic N) is 2. The van der Waals surface area contributed by atoms with Gasteiger partial charge >= 0.3 is 0 Å². The Hall–Kier alpha value is -3.44. The van der Waals surface area contributed by atoms with Crippen molar-refractivity contribution in [1.82, 2.24) is 9.97 Å². The smallest absolute Gasteiger partial charge is 0.233 e. The molecule has 0 saturated heterocycles. The van der Waals surface area contributed by atoms with Crippen LogP contribution in [0.3, 0.4) is 0 Å². The second-order valence-corrected chi connectivity index (χ2v) is 9.81. The van der Waals surface area contributed by atoms with E-state index in [9.17, 15) is 17.9 Å².